The van der Waals surface area contributed by atoms with Crippen LogP contribution in [0.15, 0.2) is 0 Å². The topological polar surface area (TPSA) is 60.7 Å². The fourth-order valence-corrected chi connectivity index (χ4v) is 6.80. The van der Waals surface area contributed by atoms with Crippen LogP contribution in [0.2, 0.25) is 0 Å². The van der Waals surface area contributed by atoms with E-state index in [2.05, 4.69) is 27.7 Å². The summed E-state index contributed by atoms with van der Waals surface area (Å²) < 4.78 is 0. The summed E-state index contributed by atoms with van der Waals surface area (Å²) >= 11 is 0. The van der Waals surface area contributed by atoms with Crippen LogP contribution in [0.4, 0.5) is 0 Å². The molecule has 0 aliphatic heterocycles. The van der Waals surface area contributed by atoms with Crippen LogP contribution in [0, 0.1) is 47.3 Å². The minimum Gasteiger partial charge on any atom is -0.393 e. The molecule has 0 amide bonds. The maximum atomic E-state index is 11.0. The molecule has 0 aromatic carbocycles. The second-order valence-corrected chi connectivity index (χ2v) is 10.9. The lowest BCUT2D eigenvalue weighted by molar-refractivity contribution is -0.0562. The van der Waals surface area contributed by atoms with Crippen LogP contribution in [0.25, 0.3) is 0 Å². The molecule has 0 aromatic rings. The van der Waals surface area contributed by atoms with Crippen LogP contribution in [-0.4, -0.2) is 33.6 Å². The second-order valence-electron chi connectivity index (χ2n) is 10.9. The predicted molar refractivity (Wildman–Crippen MR) is 110 cm³/mol. The summed E-state index contributed by atoms with van der Waals surface area (Å²) in [4.78, 5) is 0. The molecule has 0 radical (unpaired) electrons. The molecule has 0 bridgehead atoms. The van der Waals surface area contributed by atoms with Gasteiger partial charge in [-0.3, -0.25) is 0 Å². The zero-order valence-corrected chi connectivity index (χ0v) is 18.1. The first-order valence-electron chi connectivity index (χ1n) is 11.8. The van der Waals surface area contributed by atoms with Crippen LogP contribution in [0.3, 0.4) is 0 Å². The lowest BCUT2D eigenvalue weighted by atomic mass is 9.61. The molecule has 3 heteroatoms. The summed E-state index contributed by atoms with van der Waals surface area (Å²) in [5, 5.41) is 31.1. The minimum absolute atomic E-state index is 0.0952. The number of aliphatic hydroxyl groups excluding tert-OH is 3. The van der Waals surface area contributed by atoms with Crippen LogP contribution in [-0.2, 0) is 0 Å². The Morgan fingerprint density at radius 2 is 1.15 bits per heavy atom. The Bertz CT molecular complexity index is 467. The van der Waals surface area contributed by atoms with Crippen molar-refractivity contribution in [3.8, 4) is 0 Å². The van der Waals surface area contributed by atoms with E-state index in [1.165, 1.54) is 19.3 Å². The van der Waals surface area contributed by atoms with Gasteiger partial charge in [0.25, 0.3) is 0 Å². The zero-order valence-electron chi connectivity index (χ0n) is 18.1. The van der Waals surface area contributed by atoms with Crippen molar-refractivity contribution in [1.29, 1.82) is 0 Å². The number of hydrogen-bond donors (Lipinski definition) is 3. The molecule has 11 unspecified atom stereocenters. The van der Waals surface area contributed by atoms with Gasteiger partial charge in [0.15, 0.2) is 0 Å². The second kappa shape index (κ2) is 9.13. The smallest absolute Gasteiger partial charge is 0.0596 e. The largest absolute Gasteiger partial charge is 0.393 e. The van der Waals surface area contributed by atoms with E-state index in [0.29, 0.717) is 41.4 Å². The maximum absolute atomic E-state index is 11.0. The van der Waals surface area contributed by atoms with Crippen molar-refractivity contribution in [2.24, 2.45) is 47.3 Å². The normalized spacial score (nSPS) is 51.9. The summed E-state index contributed by atoms with van der Waals surface area (Å²) in [5.74, 6) is 4.38. The third-order valence-electron chi connectivity index (χ3n) is 8.82. The Labute approximate surface area is 166 Å². The Hall–Kier alpha value is -0.120. The molecule has 11 atom stereocenters. The van der Waals surface area contributed by atoms with Crippen molar-refractivity contribution >= 4 is 0 Å². The van der Waals surface area contributed by atoms with Gasteiger partial charge < -0.3 is 15.3 Å². The van der Waals surface area contributed by atoms with Gasteiger partial charge in [0.05, 0.1) is 18.3 Å². The van der Waals surface area contributed by atoms with Gasteiger partial charge in [-0.15, -0.1) is 0 Å². The monoisotopic (exact) mass is 380 g/mol. The van der Waals surface area contributed by atoms with Crippen molar-refractivity contribution in [3.05, 3.63) is 0 Å². The third-order valence-corrected chi connectivity index (χ3v) is 8.82. The van der Waals surface area contributed by atoms with Gasteiger partial charge in [-0.2, -0.15) is 0 Å². The number of aliphatic hydroxyl groups is 3. The first-order chi connectivity index (χ1) is 12.8. The van der Waals surface area contributed by atoms with Gasteiger partial charge in [0.2, 0.25) is 0 Å². The van der Waals surface area contributed by atoms with Crippen LogP contribution in [0.5, 0.6) is 0 Å². The summed E-state index contributed by atoms with van der Waals surface area (Å²) in [5.41, 5.74) is 0. The predicted octanol–water partition coefficient (Wildman–Crippen LogP) is 4.63. The highest BCUT2D eigenvalue weighted by Gasteiger charge is 2.42. The molecule has 0 heterocycles. The molecule has 3 aliphatic rings. The van der Waals surface area contributed by atoms with Crippen molar-refractivity contribution in [3.63, 3.8) is 0 Å². The lowest BCUT2D eigenvalue weighted by Gasteiger charge is -2.46. The van der Waals surface area contributed by atoms with Gasteiger partial charge in [-0.05, 0) is 105 Å². The highest BCUT2D eigenvalue weighted by atomic mass is 16.3. The summed E-state index contributed by atoms with van der Waals surface area (Å²) in [6.07, 6.45) is 9.70. The number of rotatable bonds is 4. The molecule has 3 fully saturated rings. The highest BCUT2D eigenvalue weighted by Crippen LogP contribution is 2.47. The van der Waals surface area contributed by atoms with E-state index in [1.807, 2.05) is 0 Å². The highest BCUT2D eigenvalue weighted by molar-refractivity contribution is 4.92. The van der Waals surface area contributed by atoms with Gasteiger partial charge in [0, 0.05) is 0 Å². The quantitative estimate of drug-likeness (QED) is 0.666. The minimum atomic E-state index is -0.162. The standard InChI is InChI=1S/C24H44O3/c1-14-9-18(5-7-22(14)25)12-20-11-16(3)24(27)21(17(20)4)13-19-6-8-23(26)15(2)10-19/h14-27H,5-13H2,1-4H3. The molecular weight excluding hydrogens is 336 g/mol. The Morgan fingerprint density at radius 3 is 1.67 bits per heavy atom. The third kappa shape index (κ3) is 5.08. The van der Waals surface area contributed by atoms with Gasteiger partial charge in [-0.1, -0.05) is 27.7 Å². The fraction of sp³-hybridized carbons (Fsp3) is 1.00. The molecule has 3 N–H and O–H groups in total. The van der Waals surface area contributed by atoms with E-state index in [0.717, 1.165) is 44.4 Å². The SMILES string of the molecule is CC1CC(CC2CC(C)C(O)C(CC3CCC(O)C(C)C3)C2C)CCC1O. The van der Waals surface area contributed by atoms with E-state index in [9.17, 15) is 15.3 Å². The molecule has 0 aromatic heterocycles. The van der Waals surface area contributed by atoms with E-state index >= 15 is 0 Å². The lowest BCUT2D eigenvalue weighted by Crippen LogP contribution is -2.44. The van der Waals surface area contributed by atoms with Crippen molar-refractivity contribution in [2.45, 2.75) is 104 Å². The van der Waals surface area contributed by atoms with Gasteiger partial charge in [0.1, 0.15) is 0 Å². The molecular formula is C24H44O3. The Morgan fingerprint density at radius 1 is 0.630 bits per heavy atom. The number of hydrogen-bond acceptors (Lipinski definition) is 3. The molecule has 3 aliphatic carbocycles. The molecule has 3 saturated carbocycles. The first kappa shape index (κ1) is 21.6. The molecule has 27 heavy (non-hydrogen) atoms. The van der Waals surface area contributed by atoms with Crippen molar-refractivity contribution in [1.82, 2.24) is 0 Å². The summed E-state index contributed by atoms with van der Waals surface area (Å²) in [6.45, 7) is 9.03. The average molecular weight is 381 g/mol. The molecule has 0 spiro atoms. The van der Waals surface area contributed by atoms with E-state index in [1.54, 1.807) is 0 Å². The molecule has 3 nitrogen and oxygen atoms in total. The van der Waals surface area contributed by atoms with E-state index < -0.39 is 0 Å². The summed E-state index contributed by atoms with van der Waals surface area (Å²) in [7, 11) is 0. The fourth-order valence-electron chi connectivity index (χ4n) is 6.80. The average Bonchev–Trinajstić information content (AvgIpc) is 2.62. The molecule has 0 saturated heterocycles. The van der Waals surface area contributed by atoms with Crippen LogP contribution < -0.4 is 0 Å². The van der Waals surface area contributed by atoms with Crippen LogP contribution in [0.1, 0.15) is 85.5 Å². The summed E-state index contributed by atoms with van der Waals surface area (Å²) in [6, 6.07) is 0. The maximum Gasteiger partial charge on any atom is 0.0596 e. The zero-order chi connectivity index (χ0) is 19.7. The van der Waals surface area contributed by atoms with E-state index in [4.69, 9.17) is 0 Å². The van der Waals surface area contributed by atoms with Crippen molar-refractivity contribution in [2.75, 3.05) is 0 Å². The Balaban J connectivity index is 1.60. The van der Waals surface area contributed by atoms with Gasteiger partial charge >= 0.3 is 0 Å². The first-order valence-corrected chi connectivity index (χ1v) is 11.8. The van der Waals surface area contributed by atoms with Crippen molar-refractivity contribution < 1.29 is 15.3 Å². The Kier molecular flexibility index (Phi) is 7.30. The molecule has 3 rings (SSSR count). The van der Waals surface area contributed by atoms with E-state index in [-0.39, 0.29) is 18.3 Å². The van der Waals surface area contributed by atoms with Gasteiger partial charge in [-0.25, -0.2) is 0 Å². The molecule has 158 valence electrons. The van der Waals surface area contributed by atoms with Crippen LogP contribution >= 0.6 is 0 Å².